The summed E-state index contributed by atoms with van der Waals surface area (Å²) >= 11 is 5.83. The minimum absolute atomic E-state index is 0.210. The molecular formula is C13H17ClFNO. The predicted octanol–water partition coefficient (Wildman–Crippen LogP) is 2.38. The van der Waals surface area contributed by atoms with Crippen molar-refractivity contribution in [1.29, 1.82) is 0 Å². The molecule has 1 aromatic rings. The summed E-state index contributed by atoms with van der Waals surface area (Å²) in [6.07, 6.45) is 1.89. The van der Waals surface area contributed by atoms with E-state index in [0.717, 1.165) is 25.9 Å². The summed E-state index contributed by atoms with van der Waals surface area (Å²) in [6, 6.07) is 4.47. The number of hydrogen-bond donors (Lipinski definition) is 2. The number of rotatable bonds is 3. The molecule has 0 amide bonds. The van der Waals surface area contributed by atoms with Crippen LogP contribution in [0, 0.1) is 11.7 Å². The second-order valence-electron chi connectivity index (χ2n) is 4.61. The first-order chi connectivity index (χ1) is 8.16. The van der Waals surface area contributed by atoms with Crippen LogP contribution in [-0.2, 0) is 6.42 Å². The smallest absolute Gasteiger partial charge is 0.126 e. The van der Waals surface area contributed by atoms with E-state index in [-0.39, 0.29) is 11.7 Å². The number of nitrogens with one attached hydrogen (secondary N) is 1. The number of halogens is 2. The lowest BCUT2D eigenvalue weighted by Crippen LogP contribution is -2.37. The highest BCUT2D eigenvalue weighted by atomic mass is 35.5. The molecule has 1 fully saturated rings. The summed E-state index contributed by atoms with van der Waals surface area (Å²) in [7, 11) is 0. The Bertz CT molecular complexity index is 380. The van der Waals surface area contributed by atoms with Gasteiger partial charge >= 0.3 is 0 Å². The maximum atomic E-state index is 13.5. The fourth-order valence-corrected chi connectivity index (χ4v) is 2.49. The Kier molecular flexibility index (Phi) is 4.37. The number of aliphatic hydroxyl groups is 1. The van der Waals surface area contributed by atoms with Crippen LogP contribution in [0.5, 0.6) is 0 Å². The quantitative estimate of drug-likeness (QED) is 0.872. The average molecular weight is 258 g/mol. The zero-order chi connectivity index (χ0) is 12.3. The second-order valence-corrected chi connectivity index (χ2v) is 5.05. The molecule has 4 heteroatoms. The molecule has 0 aliphatic carbocycles. The fourth-order valence-electron chi connectivity index (χ4n) is 2.30. The summed E-state index contributed by atoms with van der Waals surface area (Å²) in [5, 5.41) is 13.9. The van der Waals surface area contributed by atoms with E-state index in [2.05, 4.69) is 5.32 Å². The highest BCUT2D eigenvalue weighted by Crippen LogP contribution is 2.21. The molecule has 0 spiro atoms. The van der Waals surface area contributed by atoms with Crippen molar-refractivity contribution in [2.24, 2.45) is 5.92 Å². The molecule has 0 saturated carbocycles. The molecule has 1 saturated heterocycles. The van der Waals surface area contributed by atoms with Crippen molar-refractivity contribution in [2.75, 3.05) is 13.1 Å². The van der Waals surface area contributed by atoms with Crippen molar-refractivity contribution in [3.05, 3.63) is 34.6 Å². The largest absolute Gasteiger partial charge is 0.392 e. The van der Waals surface area contributed by atoms with Crippen molar-refractivity contribution in [3.8, 4) is 0 Å². The second kappa shape index (κ2) is 5.80. The first-order valence-electron chi connectivity index (χ1n) is 5.99. The van der Waals surface area contributed by atoms with Gasteiger partial charge in [-0.1, -0.05) is 11.6 Å². The third-order valence-electron chi connectivity index (χ3n) is 3.32. The molecule has 0 aromatic heterocycles. The van der Waals surface area contributed by atoms with E-state index in [1.165, 1.54) is 12.1 Å². The highest BCUT2D eigenvalue weighted by Gasteiger charge is 2.22. The van der Waals surface area contributed by atoms with Gasteiger partial charge < -0.3 is 10.4 Å². The van der Waals surface area contributed by atoms with Crippen LogP contribution in [0.15, 0.2) is 18.2 Å². The van der Waals surface area contributed by atoms with E-state index in [0.29, 0.717) is 17.0 Å². The van der Waals surface area contributed by atoms with Gasteiger partial charge in [-0.15, -0.1) is 0 Å². The standard InChI is InChI=1S/C13H17ClFNO/c14-11-3-4-12(15)10(6-11)7-13(17)9-2-1-5-16-8-9/h3-4,6,9,13,16-17H,1-2,5,7-8H2. The van der Waals surface area contributed by atoms with Crippen molar-refractivity contribution in [3.63, 3.8) is 0 Å². The SMILES string of the molecule is OC(Cc1cc(Cl)ccc1F)C1CCCNC1. The van der Waals surface area contributed by atoms with Crippen LogP contribution in [-0.4, -0.2) is 24.3 Å². The Labute approximate surface area is 106 Å². The van der Waals surface area contributed by atoms with Gasteiger partial charge in [0.1, 0.15) is 5.82 Å². The molecule has 1 aliphatic heterocycles. The van der Waals surface area contributed by atoms with Crippen LogP contribution in [0.2, 0.25) is 5.02 Å². The first kappa shape index (κ1) is 12.8. The van der Waals surface area contributed by atoms with Crippen molar-refractivity contribution in [1.82, 2.24) is 5.32 Å². The van der Waals surface area contributed by atoms with Gasteiger partial charge in [0.15, 0.2) is 0 Å². The van der Waals surface area contributed by atoms with E-state index in [4.69, 9.17) is 11.6 Å². The summed E-state index contributed by atoms with van der Waals surface area (Å²) < 4.78 is 13.5. The van der Waals surface area contributed by atoms with E-state index in [9.17, 15) is 9.50 Å². The number of piperidine rings is 1. The molecule has 2 nitrogen and oxygen atoms in total. The van der Waals surface area contributed by atoms with Gasteiger partial charge in [-0.3, -0.25) is 0 Å². The predicted molar refractivity (Wildman–Crippen MR) is 66.7 cm³/mol. The summed E-state index contributed by atoms with van der Waals surface area (Å²) in [5.41, 5.74) is 0.496. The molecule has 0 bridgehead atoms. The maximum Gasteiger partial charge on any atom is 0.126 e. The molecule has 1 aliphatic rings. The van der Waals surface area contributed by atoms with Crippen molar-refractivity contribution in [2.45, 2.75) is 25.4 Å². The third kappa shape index (κ3) is 3.41. The molecule has 2 unspecified atom stereocenters. The maximum absolute atomic E-state index is 13.5. The Morgan fingerprint density at radius 2 is 2.35 bits per heavy atom. The topological polar surface area (TPSA) is 32.3 Å². The van der Waals surface area contributed by atoms with E-state index in [1.807, 2.05) is 0 Å². The number of benzene rings is 1. The lowest BCUT2D eigenvalue weighted by atomic mass is 9.90. The van der Waals surface area contributed by atoms with E-state index >= 15 is 0 Å². The van der Waals surface area contributed by atoms with Crippen LogP contribution in [0.4, 0.5) is 4.39 Å². The lowest BCUT2D eigenvalue weighted by molar-refractivity contribution is 0.0914. The minimum Gasteiger partial charge on any atom is -0.392 e. The molecule has 94 valence electrons. The Balaban J connectivity index is 2.01. The molecule has 0 radical (unpaired) electrons. The van der Waals surface area contributed by atoms with Crippen LogP contribution in [0.3, 0.4) is 0 Å². The zero-order valence-electron chi connectivity index (χ0n) is 9.63. The molecule has 1 heterocycles. The summed E-state index contributed by atoms with van der Waals surface area (Å²) in [5.74, 6) is -0.0839. The molecular weight excluding hydrogens is 241 g/mol. The zero-order valence-corrected chi connectivity index (χ0v) is 10.4. The van der Waals surface area contributed by atoms with Crippen molar-refractivity contribution >= 4 is 11.6 Å². The Morgan fingerprint density at radius 3 is 3.06 bits per heavy atom. The highest BCUT2D eigenvalue weighted by molar-refractivity contribution is 6.30. The number of hydrogen-bond acceptors (Lipinski definition) is 2. The Hall–Kier alpha value is -0.640. The minimum atomic E-state index is -0.504. The Morgan fingerprint density at radius 1 is 1.53 bits per heavy atom. The van der Waals surface area contributed by atoms with E-state index < -0.39 is 6.10 Å². The third-order valence-corrected chi connectivity index (χ3v) is 3.55. The monoisotopic (exact) mass is 257 g/mol. The van der Waals surface area contributed by atoms with E-state index in [1.54, 1.807) is 6.07 Å². The van der Waals surface area contributed by atoms with Gasteiger partial charge in [-0.05, 0) is 49.1 Å². The summed E-state index contributed by atoms with van der Waals surface area (Å²) in [6.45, 7) is 1.82. The lowest BCUT2D eigenvalue weighted by Gasteiger charge is -2.27. The molecule has 1 aromatic carbocycles. The average Bonchev–Trinajstić information content (AvgIpc) is 2.35. The molecule has 2 rings (SSSR count). The van der Waals surface area contributed by atoms with Gasteiger partial charge in [0.05, 0.1) is 6.10 Å². The van der Waals surface area contributed by atoms with Crippen LogP contribution < -0.4 is 5.32 Å². The normalized spacial score (nSPS) is 22.4. The van der Waals surface area contributed by atoms with Gasteiger partial charge in [0.2, 0.25) is 0 Å². The van der Waals surface area contributed by atoms with Gasteiger partial charge in [0.25, 0.3) is 0 Å². The molecule has 2 atom stereocenters. The molecule has 17 heavy (non-hydrogen) atoms. The van der Waals surface area contributed by atoms with Gasteiger partial charge in [-0.25, -0.2) is 4.39 Å². The van der Waals surface area contributed by atoms with Crippen molar-refractivity contribution < 1.29 is 9.50 Å². The van der Waals surface area contributed by atoms with Crippen LogP contribution in [0.1, 0.15) is 18.4 Å². The van der Waals surface area contributed by atoms with Crippen LogP contribution in [0.25, 0.3) is 0 Å². The number of aliphatic hydroxyl groups excluding tert-OH is 1. The van der Waals surface area contributed by atoms with Gasteiger partial charge in [-0.2, -0.15) is 0 Å². The van der Waals surface area contributed by atoms with Crippen LogP contribution >= 0.6 is 11.6 Å². The first-order valence-corrected chi connectivity index (χ1v) is 6.37. The summed E-state index contributed by atoms with van der Waals surface area (Å²) in [4.78, 5) is 0. The van der Waals surface area contributed by atoms with Gasteiger partial charge in [0, 0.05) is 18.0 Å². The molecule has 2 N–H and O–H groups in total. The fraction of sp³-hybridized carbons (Fsp3) is 0.538.